The Labute approximate surface area is 156 Å². The average molecular weight is 370 g/mol. The molecule has 0 radical (unpaired) electrons. The van der Waals surface area contributed by atoms with Gasteiger partial charge in [-0.1, -0.05) is 26.2 Å². The smallest absolute Gasteiger partial charge is 0.332 e. The van der Waals surface area contributed by atoms with Crippen LogP contribution in [0.1, 0.15) is 53.4 Å². The van der Waals surface area contributed by atoms with Gasteiger partial charge in [-0.25, -0.2) is 4.79 Å². The maximum atomic E-state index is 12.1. The predicted octanol–water partition coefficient (Wildman–Crippen LogP) is 1.63. The first-order valence-corrected chi connectivity index (χ1v) is 9.29. The molecule has 8 nitrogen and oxygen atoms in total. The summed E-state index contributed by atoms with van der Waals surface area (Å²) in [7, 11) is 3.19. The molecule has 0 aliphatic rings. The number of hydrogen-bond donors (Lipinski definition) is 2. The largest absolute Gasteiger partial charge is 0.383 e. The van der Waals surface area contributed by atoms with E-state index in [1.165, 1.54) is 9.13 Å². The van der Waals surface area contributed by atoms with E-state index in [0.29, 0.717) is 6.54 Å². The Morgan fingerprint density at radius 3 is 2.08 bits per heavy atom. The summed E-state index contributed by atoms with van der Waals surface area (Å²) in [6, 6.07) is 0. The topological polar surface area (TPSA) is 102 Å². The maximum absolute atomic E-state index is 12.1. The van der Waals surface area contributed by atoms with Crippen LogP contribution in [0.25, 0.3) is 0 Å². The Hall–Kier alpha value is -2.25. The Morgan fingerprint density at radius 2 is 1.69 bits per heavy atom. The Bertz CT molecular complexity index is 675. The number of carbonyl (C=O) groups excluding carboxylic acids is 1. The van der Waals surface area contributed by atoms with Gasteiger partial charge in [-0.2, -0.15) is 0 Å². The van der Waals surface area contributed by atoms with Crippen molar-refractivity contribution in [3.05, 3.63) is 20.8 Å². The zero-order chi connectivity index (χ0) is 20.3. The second-order valence-corrected chi connectivity index (χ2v) is 6.06. The molecule has 1 aromatic heterocycles. The van der Waals surface area contributed by atoms with Gasteiger partial charge in [-0.3, -0.25) is 18.7 Å². The molecular formula is C18H35N5O3. The molecule has 0 unspecified atom stereocenters. The lowest BCUT2D eigenvalue weighted by Gasteiger charge is -2.14. The van der Waals surface area contributed by atoms with Crippen LogP contribution in [-0.4, -0.2) is 40.1 Å². The van der Waals surface area contributed by atoms with E-state index in [1.54, 1.807) is 25.9 Å². The summed E-state index contributed by atoms with van der Waals surface area (Å²) in [6.45, 7) is 9.76. The zero-order valence-corrected chi connectivity index (χ0v) is 17.1. The third-order valence-electron chi connectivity index (χ3n) is 4.29. The molecule has 8 heteroatoms. The minimum Gasteiger partial charge on any atom is -0.383 e. The number of nitrogens with zero attached hydrogens (tertiary/aromatic N) is 3. The summed E-state index contributed by atoms with van der Waals surface area (Å²) in [5, 5.41) is 2.76. The van der Waals surface area contributed by atoms with Gasteiger partial charge in [-0.05, 0) is 20.3 Å². The van der Waals surface area contributed by atoms with E-state index in [-0.39, 0.29) is 28.7 Å². The molecule has 150 valence electrons. The van der Waals surface area contributed by atoms with Gasteiger partial charge in [0.2, 0.25) is 5.91 Å². The molecule has 0 saturated carbocycles. The number of nitrogen functional groups attached to an aromatic ring is 1. The Kier molecular flexibility index (Phi) is 11.1. The van der Waals surface area contributed by atoms with Gasteiger partial charge in [0.15, 0.2) is 0 Å². The molecule has 0 aromatic carbocycles. The monoisotopic (exact) mass is 369 g/mol. The lowest BCUT2D eigenvalue weighted by molar-refractivity contribution is -0.128. The molecule has 0 atom stereocenters. The van der Waals surface area contributed by atoms with Gasteiger partial charge >= 0.3 is 5.69 Å². The molecule has 0 fully saturated rings. The molecule has 1 aromatic rings. The number of hydrogen-bond acceptors (Lipinski definition) is 5. The van der Waals surface area contributed by atoms with Crippen LogP contribution in [0.5, 0.6) is 0 Å². The molecule has 0 aliphatic carbocycles. The quantitative estimate of drug-likeness (QED) is 0.678. The van der Waals surface area contributed by atoms with Crippen molar-refractivity contribution in [3.8, 4) is 0 Å². The van der Waals surface area contributed by atoms with Crippen LogP contribution in [-0.2, 0) is 18.4 Å². The van der Waals surface area contributed by atoms with Gasteiger partial charge in [0.1, 0.15) is 11.5 Å². The van der Waals surface area contributed by atoms with Crippen LogP contribution in [0.2, 0.25) is 0 Å². The molecule has 3 N–H and O–H groups in total. The van der Waals surface area contributed by atoms with Crippen molar-refractivity contribution in [1.29, 1.82) is 0 Å². The number of anilines is 2. The number of nitrogens with one attached hydrogen (secondary N) is 1. The molecule has 0 aliphatic heterocycles. The van der Waals surface area contributed by atoms with Crippen LogP contribution >= 0.6 is 0 Å². The van der Waals surface area contributed by atoms with Crippen LogP contribution in [0.15, 0.2) is 9.59 Å². The van der Waals surface area contributed by atoms with Crippen LogP contribution in [0.3, 0.4) is 0 Å². The molecule has 26 heavy (non-hydrogen) atoms. The fourth-order valence-electron chi connectivity index (χ4n) is 2.58. The normalized spacial score (nSPS) is 10.1. The average Bonchev–Trinajstić information content (AvgIpc) is 2.61. The molecule has 0 spiro atoms. The second-order valence-electron chi connectivity index (χ2n) is 6.06. The highest BCUT2D eigenvalue weighted by molar-refractivity contribution is 5.73. The third kappa shape index (κ3) is 6.57. The zero-order valence-electron chi connectivity index (χ0n) is 17.1. The summed E-state index contributed by atoms with van der Waals surface area (Å²) in [5.74, 6) is 0.340. The lowest BCUT2D eigenvalue weighted by atomic mass is 10.2. The first-order chi connectivity index (χ1) is 12.3. The van der Waals surface area contributed by atoms with Crippen molar-refractivity contribution in [2.24, 2.45) is 7.05 Å². The third-order valence-corrected chi connectivity index (χ3v) is 4.29. The summed E-state index contributed by atoms with van der Waals surface area (Å²) in [5.41, 5.74) is 5.32. The number of rotatable bonds is 8. The molecule has 0 bridgehead atoms. The van der Waals surface area contributed by atoms with Crippen molar-refractivity contribution in [1.82, 2.24) is 14.0 Å². The minimum absolute atomic E-state index is 0.162. The van der Waals surface area contributed by atoms with Crippen LogP contribution in [0.4, 0.5) is 11.5 Å². The minimum atomic E-state index is -0.354. The van der Waals surface area contributed by atoms with Crippen molar-refractivity contribution in [2.45, 2.75) is 59.9 Å². The van der Waals surface area contributed by atoms with E-state index < -0.39 is 0 Å². The second kappa shape index (κ2) is 12.2. The van der Waals surface area contributed by atoms with Crippen molar-refractivity contribution >= 4 is 17.4 Å². The van der Waals surface area contributed by atoms with Crippen LogP contribution in [0, 0.1) is 0 Å². The first-order valence-electron chi connectivity index (χ1n) is 9.29. The van der Waals surface area contributed by atoms with E-state index in [2.05, 4.69) is 12.2 Å². The summed E-state index contributed by atoms with van der Waals surface area (Å²) in [6.07, 6.45) is 4.08. The summed E-state index contributed by atoms with van der Waals surface area (Å²) < 4.78 is 2.55. The Morgan fingerprint density at radius 1 is 1.12 bits per heavy atom. The standard InChI is InChI=1S/C12H22N4O2.C6H13NO/c1-4-5-6-7-8-16-11(17)9(14-2)10(13)15(3)12(16)18;1-4-7(5-2)6(3)8/h14H,4-8,13H2,1-3H3;4-5H2,1-3H3. The first kappa shape index (κ1) is 23.8. The van der Waals surface area contributed by atoms with Gasteiger partial charge in [0, 0.05) is 40.7 Å². The van der Waals surface area contributed by atoms with Gasteiger partial charge in [-0.15, -0.1) is 0 Å². The van der Waals surface area contributed by atoms with E-state index >= 15 is 0 Å². The highest BCUT2D eigenvalue weighted by Crippen LogP contribution is 2.08. The van der Waals surface area contributed by atoms with Gasteiger partial charge < -0.3 is 16.0 Å². The molecule has 1 heterocycles. The van der Waals surface area contributed by atoms with Gasteiger partial charge in [0.05, 0.1) is 0 Å². The molecular weight excluding hydrogens is 334 g/mol. The van der Waals surface area contributed by atoms with E-state index in [4.69, 9.17) is 5.73 Å². The van der Waals surface area contributed by atoms with Crippen molar-refractivity contribution in [3.63, 3.8) is 0 Å². The number of carbonyl (C=O) groups is 1. The fourth-order valence-corrected chi connectivity index (χ4v) is 2.58. The van der Waals surface area contributed by atoms with Crippen molar-refractivity contribution in [2.75, 3.05) is 31.2 Å². The van der Waals surface area contributed by atoms with Crippen LogP contribution < -0.4 is 22.3 Å². The van der Waals surface area contributed by atoms with E-state index in [9.17, 15) is 14.4 Å². The summed E-state index contributed by atoms with van der Waals surface area (Å²) >= 11 is 0. The Balaban J connectivity index is 0.000000660. The van der Waals surface area contributed by atoms with Crippen molar-refractivity contribution < 1.29 is 4.79 Å². The number of nitrogens with two attached hydrogens (primary N) is 1. The fraction of sp³-hybridized carbons (Fsp3) is 0.722. The maximum Gasteiger partial charge on any atom is 0.332 e. The van der Waals surface area contributed by atoms with E-state index in [1.807, 2.05) is 13.8 Å². The van der Waals surface area contributed by atoms with Gasteiger partial charge in [0.25, 0.3) is 5.56 Å². The SMILES string of the molecule is CCCCCCn1c(=O)c(NC)c(N)n(C)c1=O.CCN(CC)C(C)=O. The summed E-state index contributed by atoms with van der Waals surface area (Å²) in [4.78, 5) is 36.3. The highest BCUT2D eigenvalue weighted by atomic mass is 16.2. The number of aromatic nitrogens is 2. The predicted molar refractivity (Wildman–Crippen MR) is 108 cm³/mol. The highest BCUT2D eigenvalue weighted by Gasteiger charge is 2.13. The number of amides is 1. The molecule has 1 rings (SSSR count). The molecule has 0 saturated heterocycles. The lowest BCUT2D eigenvalue weighted by Crippen LogP contribution is -2.41. The number of unbranched alkanes of at least 4 members (excludes halogenated alkanes) is 3. The molecule has 1 amide bonds. The van der Waals surface area contributed by atoms with E-state index in [0.717, 1.165) is 38.8 Å².